The van der Waals surface area contributed by atoms with Crippen molar-refractivity contribution in [1.82, 2.24) is 0 Å². The predicted octanol–water partition coefficient (Wildman–Crippen LogP) is 0.214. The maximum absolute atomic E-state index is 2.28. The first-order valence-electron chi connectivity index (χ1n) is 4.96. The fourth-order valence-electron chi connectivity index (χ4n) is 2.47. The SMILES string of the molecule is Cc1c2c([c-](C)c1C)CCCC2.[Li+]. The van der Waals surface area contributed by atoms with Crippen LogP contribution in [0.15, 0.2) is 0 Å². The molecule has 1 aromatic carbocycles. The first-order valence-corrected chi connectivity index (χ1v) is 4.96. The van der Waals surface area contributed by atoms with Crippen LogP contribution in [0.2, 0.25) is 0 Å². The molecule has 1 aliphatic carbocycles. The molecule has 0 spiro atoms. The summed E-state index contributed by atoms with van der Waals surface area (Å²) < 4.78 is 0. The van der Waals surface area contributed by atoms with E-state index in [9.17, 15) is 0 Å². The molecule has 0 fully saturated rings. The van der Waals surface area contributed by atoms with Gasteiger partial charge < -0.3 is 0 Å². The van der Waals surface area contributed by atoms with Crippen LogP contribution in [-0.4, -0.2) is 0 Å². The van der Waals surface area contributed by atoms with Crippen LogP contribution in [0.5, 0.6) is 0 Å². The zero-order valence-corrected chi connectivity index (χ0v) is 9.33. The van der Waals surface area contributed by atoms with Crippen LogP contribution in [0.3, 0.4) is 0 Å². The van der Waals surface area contributed by atoms with E-state index in [1.54, 1.807) is 27.8 Å². The van der Waals surface area contributed by atoms with Crippen LogP contribution in [-0.2, 0) is 12.8 Å². The van der Waals surface area contributed by atoms with Gasteiger partial charge in [-0.25, -0.2) is 0 Å². The summed E-state index contributed by atoms with van der Waals surface area (Å²) in [4.78, 5) is 0. The van der Waals surface area contributed by atoms with E-state index in [2.05, 4.69) is 20.8 Å². The molecule has 1 aliphatic rings. The van der Waals surface area contributed by atoms with Crippen molar-refractivity contribution >= 4 is 0 Å². The first-order chi connectivity index (χ1) is 5.72. The Hall–Kier alpha value is -0.0526. The minimum Gasteiger partial charge on any atom is -0.195 e. The van der Waals surface area contributed by atoms with Crippen LogP contribution >= 0.6 is 0 Å². The third kappa shape index (κ3) is 1.63. The van der Waals surface area contributed by atoms with Gasteiger partial charge in [0.05, 0.1) is 0 Å². The molecule has 66 valence electrons. The van der Waals surface area contributed by atoms with Gasteiger partial charge in [0.1, 0.15) is 0 Å². The minimum atomic E-state index is 0. The molecule has 2 rings (SSSR count). The Morgan fingerprint density at radius 3 is 2.31 bits per heavy atom. The zero-order valence-electron chi connectivity index (χ0n) is 9.33. The zero-order chi connectivity index (χ0) is 8.72. The molecular formula is C12H17Li. The Kier molecular flexibility index (Phi) is 3.38. The summed E-state index contributed by atoms with van der Waals surface area (Å²) in [6.07, 6.45) is 5.46. The van der Waals surface area contributed by atoms with Crippen LogP contribution in [0.1, 0.15) is 40.7 Å². The molecule has 0 saturated heterocycles. The fourth-order valence-corrected chi connectivity index (χ4v) is 2.47. The molecule has 0 bridgehead atoms. The average Bonchev–Trinajstić information content (AvgIpc) is 2.33. The van der Waals surface area contributed by atoms with Crippen LogP contribution in [0.4, 0.5) is 0 Å². The summed E-state index contributed by atoms with van der Waals surface area (Å²) in [5, 5.41) is 0. The van der Waals surface area contributed by atoms with Crippen LogP contribution < -0.4 is 18.9 Å². The molecule has 13 heavy (non-hydrogen) atoms. The largest absolute Gasteiger partial charge is 1.00 e. The number of hydrogen-bond donors (Lipinski definition) is 0. The summed E-state index contributed by atoms with van der Waals surface area (Å²) in [5.41, 5.74) is 8.04. The van der Waals surface area contributed by atoms with Crippen molar-refractivity contribution in [3.05, 3.63) is 27.8 Å². The molecule has 0 heterocycles. The van der Waals surface area contributed by atoms with Gasteiger partial charge in [0.15, 0.2) is 0 Å². The molecule has 0 atom stereocenters. The second kappa shape index (κ2) is 3.99. The third-order valence-corrected chi connectivity index (χ3v) is 3.50. The minimum absolute atomic E-state index is 0. The molecule has 1 heteroatoms. The Balaban J connectivity index is 0.000000845. The molecule has 0 aliphatic heterocycles. The standard InChI is InChI=1S/C12H17.Li/c1-8-9(2)11-6-4-5-7-12(11)10(8)3;/h4-7H2,1-3H3;/q-1;+1. The summed E-state index contributed by atoms with van der Waals surface area (Å²) in [6, 6.07) is 0. The number of hydrogen-bond acceptors (Lipinski definition) is 0. The van der Waals surface area contributed by atoms with Crippen molar-refractivity contribution < 1.29 is 18.9 Å². The Morgan fingerprint density at radius 1 is 1.08 bits per heavy atom. The van der Waals surface area contributed by atoms with Crippen LogP contribution in [0, 0.1) is 20.8 Å². The van der Waals surface area contributed by atoms with Crippen molar-refractivity contribution in [2.24, 2.45) is 0 Å². The van der Waals surface area contributed by atoms with Crippen molar-refractivity contribution in [2.45, 2.75) is 46.5 Å². The van der Waals surface area contributed by atoms with E-state index in [1.165, 1.54) is 25.7 Å². The molecule has 0 saturated carbocycles. The van der Waals surface area contributed by atoms with Gasteiger partial charge in [-0.3, -0.25) is 0 Å². The summed E-state index contributed by atoms with van der Waals surface area (Å²) in [7, 11) is 0. The fraction of sp³-hybridized carbons (Fsp3) is 0.583. The number of fused-ring (bicyclic) bond motifs is 1. The molecular weight excluding hydrogens is 151 g/mol. The third-order valence-electron chi connectivity index (χ3n) is 3.50. The average molecular weight is 168 g/mol. The van der Waals surface area contributed by atoms with E-state index in [4.69, 9.17) is 0 Å². The van der Waals surface area contributed by atoms with Gasteiger partial charge in [-0.1, -0.05) is 46.5 Å². The van der Waals surface area contributed by atoms with Crippen molar-refractivity contribution in [2.75, 3.05) is 0 Å². The smallest absolute Gasteiger partial charge is 0.195 e. The van der Waals surface area contributed by atoms with Crippen molar-refractivity contribution in [1.29, 1.82) is 0 Å². The second-order valence-electron chi connectivity index (χ2n) is 4.04. The van der Waals surface area contributed by atoms with Gasteiger partial charge in [0.25, 0.3) is 0 Å². The molecule has 1 aromatic rings. The molecule has 0 aromatic heterocycles. The quantitative estimate of drug-likeness (QED) is 0.384. The Labute approximate surface area is 93.3 Å². The van der Waals surface area contributed by atoms with Crippen LogP contribution in [0.25, 0.3) is 0 Å². The van der Waals surface area contributed by atoms with Gasteiger partial charge in [-0.05, 0) is 0 Å². The summed E-state index contributed by atoms with van der Waals surface area (Å²) >= 11 is 0. The Bertz CT molecular complexity index is 278. The normalized spacial score (nSPS) is 15.0. The van der Waals surface area contributed by atoms with E-state index < -0.39 is 0 Å². The maximum Gasteiger partial charge on any atom is 1.00 e. The molecule has 0 nitrogen and oxygen atoms in total. The van der Waals surface area contributed by atoms with Crippen molar-refractivity contribution in [3.8, 4) is 0 Å². The molecule has 0 unspecified atom stereocenters. The van der Waals surface area contributed by atoms with E-state index in [1.807, 2.05) is 0 Å². The molecule has 0 N–H and O–H groups in total. The molecule has 0 amide bonds. The summed E-state index contributed by atoms with van der Waals surface area (Å²) in [6.45, 7) is 6.84. The Morgan fingerprint density at radius 2 is 1.69 bits per heavy atom. The van der Waals surface area contributed by atoms with Gasteiger partial charge >= 0.3 is 18.9 Å². The number of rotatable bonds is 0. The second-order valence-corrected chi connectivity index (χ2v) is 4.04. The van der Waals surface area contributed by atoms with E-state index in [-0.39, 0.29) is 18.9 Å². The van der Waals surface area contributed by atoms with Gasteiger partial charge in [-0.15, -0.1) is 0 Å². The summed E-state index contributed by atoms with van der Waals surface area (Å²) in [5.74, 6) is 0. The first kappa shape index (κ1) is 11.0. The molecule has 0 radical (unpaired) electrons. The van der Waals surface area contributed by atoms with Gasteiger partial charge in [-0.2, -0.15) is 27.8 Å². The topological polar surface area (TPSA) is 0 Å². The predicted molar refractivity (Wildman–Crippen MR) is 52.9 cm³/mol. The van der Waals surface area contributed by atoms with Crippen molar-refractivity contribution in [3.63, 3.8) is 0 Å². The van der Waals surface area contributed by atoms with E-state index in [0.29, 0.717) is 0 Å². The monoisotopic (exact) mass is 168 g/mol. The van der Waals surface area contributed by atoms with E-state index >= 15 is 0 Å². The van der Waals surface area contributed by atoms with E-state index in [0.717, 1.165) is 0 Å². The maximum atomic E-state index is 2.28. The van der Waals surface area contributed by atoms with Gasteiger partial charge in [0.2, 0.25) is 0 Å². The van der Waals surface area contributed by atoms with Gasteiger partial charge in [0, 0.05) is 0 Å².